The van der Waals surface area contributed by atoms with Crippen molar-refractivity contribution in [1.29, 1.82) is 0 Å². The molecule has 0 saturated heterocycles. The predicted molar refractivity (Wildman–Crippen MR) is 63.6 cm³/mol. The van der Waals surface area contributed by atoms with Gasteiger partial charge in [0.15, 0.2) is 5.78 Å². The van der Waals surface area contributed by atoms with Crippen LogP contribution in [0.4, 0.5) is 4.39 Å². The first-order chi connectivity index (χ1) is 7.51. The number of hydrogen-bond acceptors (Lipinski definition) is 2. The van der Waals surface area contributed by atoms with Crippen LogP contribution in [0.5, 0.6) is 0 Å². The van der Waals surface area contributed by atoms with E-state index in [0.717, 1.165) is 24.8 Å². The number of benzene rings is 1. The molecule has 1 saturated carbocycles. The SMILES string of the molecule is NC1(C(=O)Cc2ccc(F)cc2Br)CCC1. The molecule has 1 aromatic carbocycles. The molecule has 2 rings (SSSR count). The molecule has 2 N–H and O–H groups in total. The van der Waals surface area contributed by atoms with E-state index in [0.29, 0.717) is 4.47 Å². The lowest BCUT2D eigenvalue weighted by Gasteiger charge is -2.36. The average molecular weight is 286 g/mol. The van der Waals surface area contributed by atoms with Gasteiger partial charge in [-0.1, -0.05) is 22.0 Å². The minimum Gasteiger partial charge on any atom is -0.319 e. The Kier molecular flexibility index (Phi) is 3.13. The van der Waals surface area contributed by atoms with Gasteiger partial charge in [0.1, 0.15) is 5.82 Å². The number of Topliss-reactive ketones (excluding diaryl/α,β-unsaturated/α-hetero) is 1. The molecule has 1 aromatic rings. The molecular weight excluding hydrogens is 273 g/mol. The van der Waals surface area contributed by atoms with E-state index in [4.69, 9.17) is 5.73 Å². The fourth-order valence-corrected chi connectivity index (χ4v) is 2.34. The summed E-state index contributed by atoms with van der Waals surface area (Å²) >= 11 is 3.25. The van der Waals surface area contributed by atoms with Crippen molar-refractivity contribution in [2.45, 2.75) is 31.2 Å². The van der Waals surface area contributed by atoms with Crippen molar-refractivity contribution in [3.63, 3.8) is 0 Å². The minimum atomic E-state index is -0.631. The summed E-state index contributed by atoms with van der Waals surface area (Å²) in [4.78, 5) is 11.9. The molecule has 2 nitrogen and oxygen atoms in total. The van der Waals surface area contributed by atoms with Crippen LogP contribution in [0.1, 0.15) is 24.8 Å². The first-order valence-electron chi connectivity index (χ1n) is 5.27. The van der Waals surface area contributed by atoms with Crippen molar-refractivity contribution in [2.24, 2.45) is 5.73 Å². The maximum atomic E-state index is 12.9. The maximum Gasteiger partial charge on any atom is 0.157 e. The molecule has 0 unspecified atom stereocenters. The van der Waals surface area contributed by atoms with Crippen molar-refractivity contribution < 1.29 is 9.18 Å². The van der Waals surface area contributed by atoms with E-state index < -0.39 is 5.54 Å². The Morgan fingerprint density at radius 2 is 2.19 bits per heavy atom. The van der Waals surface area contributed by atoms with Crippen LogP contribution < -0.4 is 5.73 Å². The zero-order valence-corrected chi connectivity index (χ0v) is 10.4. The third-order valence-corrected chi connectivity index (χ3v) is 3.91. The van der Waals surface area contributed by atoms with Gasteiger partial charge in [-0.15, -0.1) is 0 Å². The monoisotopic (exact) mass is 285 g/mol. The second-order valence-electron chi connectivity index (χ2n) is 4.35. The third kappa shape index (κ3) is 2.18. The lowest BCUT2D eigenvalue weighted by Crippen LogP contribution is -2.54. The first kappa shape index (κ1) is 11.7. The molecule has 1 aliphatic carbocycles. The highest BCUT2D eigenvalue weighted by atomic mass is 79.9. The van der Waals surface area contributed by atoms with E-state index in [2.05, 4.69) is 15.9 Å². The Bertz CT molecular complexity index is 429. The Hall–Kier alpha value is -0.740. The van der Waals surface area contributed by atoms with Crippen molar-refractivity contribution in [3.05, 3.63) is 34.1 Å². The van der Waals surface area contributed by atoms with Gasteiger partial charge >= 0.3 is 0 Å². The molecule has 86 valence electrons. The predicted octanol–water partition coefficient (Wildman–Crippen LogP) is 2.58. The summed E-state index contributed by atoms with van der Waals surface area (Å²) in [6, 6.07) is 4.35. The summed E-state index contributed by atoms with van der Waals surface area (Å²) in [5, 5.41) is 0. The van der Waals surface area contributed by atoms with E-state index in [-0.39, 0.29) is 18.0 Å². The van der Waals surface area contributed by atoms with E-state index in [1.54, 1.807) is 6.07 Å². The maximum absolute atomic E-state index is 12.9. The normalized spacial score (nSPS) is 17.9. The zero-order valence-electron chi connectivity index (χ0n) is 8.80. The van der Waals surface area contributed by atoms with Crippen molar-refractivity contribution in [2.75, 3.05) is 0 Å². The standard InChI is InChI=1S/C12H13BrFNO/c13-10-7-9(14)3-2-8(10)6-11(16)12(15)4-1-5-12/h2-3,7H,1,4-6,15H2. The summed E-state index contributed by atoms with van der Waals surface area (Å²) in [5.41, 5.74) is 6.10. The van der Waals surface area contributed by atoms with Gasteiger partial charge in [0, 0.05) is 10.9 Å². The number of carbonyl (C=O) groups is 1. The van der Waals surface area contributed by atoms with Crippen LogP contribution >= 0.6 is 15.9 Å². The van der Waals surface area contributed by atoms with Crippen molar-refractivity contribution >= 4 is 21.7 Å². The fraction of sp³-hybridized carbons (Fsp3) is 0.417. The Labute approximate surface area is 102 Å². The Morgan fingerprint density at radius 3 is 2.69 bits per heavy atom. The lowest BCUT2D eigenvalue weighted by molar-refractivity contribution is -0.126. The lowest BCUT2D eigenvalue weighted by atomic mass is 9.73. The highest BCUT2D eigenvalue weighted by Gasteiger charge is 2.39. The largest absolute Gasteiger partial charge is 0.319 e. The van der Waals surface area contributed by atoms with Crippen LogP contribution in [-0.4, -0.2) is 11.3 Å². The third-order valence-electron chi connectivity index (χ3n) is 3.17. The molecule has 0 radical (unpaired) electrons. The van der Waals surface area contributed by atoms with Crippen LogP contribution in [0.25, 0.3) is 0 Å². The molecule has 0 aromatic heterocycles. The first-order valence-corrected chi connectivity index (χ1v) is 6.07. The van der Waals surface area contributed by atoms with E-state index in [1.165, 1.54) is 12.1 Å². The summed E-state index contributed by atoms with van der Waals surface area (Å²) in [7, 11) is 0. The van der Waals surface area contributed by atoms with Crippen LogP contribution in [0.3, 0.4) is 0 Å². The van der Waals surface area contributed by atoms with Crippen LogP contribution in [0, 0.1) is 5.82 Å². The molecule has 16 heavy (non-hydrogen) atoms. The Balaban J connectivity index is 2.12. The van der Waals surface area contributed by atoms with E-state index >= 15 is 0 Å². The number of carbonyl (C=O) groups excluding carboxylic acids is 1. The molecule has 0 atom stereocenters. The summed E-state index contributed by atoms with van der Waals surface area (Å²) in [5.74, 6) is -0.264. The number of halogens is 2. The number of hydrogen-bond donors (Lipinski definition) is 1. The van der Waals surface area contributed by atoms with Gasteiger partial charge in [0.25, 0.3) is 0 Å². The molecule has 1 aliphatic rings. The molecule has 0 aliphatic heterocycles. The average Bonchev–Trinajstić information content (AvgIpc) is 2.18. The van der Waals surface area contributed by atoms with Crippen molar-refractivity contribution in [3.8, 4) is 0 Å². The fourth-order valence-electron chi connectivity index (χ4n) is 1.85. The van der Waals surface area contributed by atoms with Crippen LogP contribution in [0.2, 0.25) is 0 Å². The molecule has 0 bridgehead atoms. The van der Waals surface area contributed by atoms with Gasteiger partial charge in [-0.05, 0) is 37.0 Å². The summed E-state index contributed by atoms with van der Waals surface area (Å²) in [6.45, 7) is 0. The molecule has 0 spiro atoms. The van der Waals surface area contributed by atoms with Gasteiger partial charge in [-0.25, -0.2) is 4.39 Å². The van der Waals surface area contributed by atoms with E-state index in [9.17, 15) is 9.18 Å². The topological polar surface area (TPSA) is 43.1 Å². The molecule has 0 heterocycles. The molecule has 1 fully saturated rings. The summed E-state index contributed by atoms with van der Waals surface area (Å²) < 4.78 is 13.5. The molecule has 4 heteroatoms. The number of nitrogens with two attached hydrogens (primary N) is 1. The highest BCUT2D eigenvalue weighted by Crippen LogP contribution is 2.31. The van der Waals surface area contributed by atoms with Crippen LogP contribution in [-0.2, 0) is 11.2 Å². The zero-order chi connectivity index (χ0) is 11.8. The van der Waals surface area contributed by atoms with Crippen LogP contribution in [0.15, 0.2) is 22.7 Å². The number of rotatable bonds is 3. The van der Waals surface area contributed by atoms with Gasteiger partial charge in [-0.3, -0.25) is 4.79 Å². The van der Waals surface area contributed by atoms with Gasteiger partial charge in [-0.2, -0.15) is 0 Å². The van der Waals surface area contributed by atoms with Gasteiger partial charge in [0.05, 0.1) is 5.54 Å². The van der Waals surface area contributed by atoms with Crippen molar-refractivity contribution in [1.82, 2.24) is 0 Å². The minimum absolute atomic E-state index is 0.0473. The summed E-state index contributed by atoms with van der Waals surface area (Å²) in [6.07, 6.45) is 2.83. The molecule has 0 amide bonds. The van der Waals surface area contributed by atoms with Gasteiger partial charge in [0.2, 0.25) is 0 Å². The number of ketones is 1. The highest BCUT2D eigenvalue weighted by molar-refractivity contribution is 9.10. The second-order valence-corrected chi connectivity index (χ2v) is 5.20. The Morgan fingerprint density at radius 1 is 1.50 bits per heavy atom. The quantitative estimate of drug-likeness (QED) is 0.928. The van der Waals surface area contributed by atoms with Gasteiger partial charge < -0.3 is 5.73 Å². The van der Waals surface area contributed by atoms with E-state index in [1.807, 2.05) is 0 Å². The smallest absolute Gasteiger partial charge is 0.157 e. The molecular formula is C12H13BrFNO. The second kappa shape index (κ2) is 4.26.